The highest BCUT2D eigenvalue weighted by atomic mass is 16.4. The number of urea groups is 1. The van der Waals surface area contributed by atoms with Gasteiger partial charge in [-0.25, -0.2) is 9.59 Å². The lowest BCUT2D eigenvalue weighted by atomic mass is 9.86. The number of carbonyl (C=O) groups is 2. The molecule has 2 bridgehead atoms. The highest BCUT2D eigenvalue weighted by Gasteiger charge is 2.44. The molecule has 0 radical (unpaired) electrons. The fourth-order valence-corrected chi connectivity index (χ4v) is 3.78. The van der Waals surface area contributed by atoms with Crippen molar-refractivity contribution in [3.05, 3.63) is 59.7 Å². The van der Waals surface area contributed by atoms with E-state index in [1.54, 1.807) is 18.2 Å². The largest absolute Gasteiger partial charge is 0.478 e. The molecule has 0 atom stereocenters. The first kappa shape index (κ1) is 15.7. The molecule has 2 saturated heterocycles. The van der Waals surface area contributed by atoms with Gasteiger partial charge in [0.25, 0.3) is 0 Å². The van der Waals surface area contributed by atoms with Gasteiger partial charge in [-0.05, 0) is 41.5 Å². The van der Waals surface area contributed by atoms with Crippen LogP contribution in [0, 0.1) is 5.92 Å². The predicted molar refractivity (Wildman–Crippen MR) is 94.3 cm³/mol. The number of nitrogens with zero attached hydrogens (tertiary/aromatic N) is 1. The predicted octanol–water partition coefficient (Wildman–Crippen LogP) is 3.36. The van der Waals surface area contributed by atoms with Crippen molar-refractivity contribution in [1.29, 1.82) is 0 Å². The maximum Gasteiger partial charge on any atom is 0.336 e. The van der Waals surface area contributed by atoms with Crippen molar-refractivity contribution in [2.75, 3.05) is 6.54 Å². The second-order valence-electron chi connectivity index (χ2n) is 6.85. The number of amides is 2. The molecule has 25 heavy (non-hydrogen) atoms. The van der Waals surface area contributed by atoms with E-state index >= 15 is 0 Å². The summed E-state index contributed by atoms with van der Waals surface area (Å²) in [6.07, 6.45) is 2.32. The summed E-state index contributed by atoms with van der Waals surface area (Å²) < 4.78 is 0. The number of rotatable bonds is 4. The van der Waals surface area contributed by atoms with Gasteiger partial charge >= 0.3 is 12.0 Å². The van der Waals surface area contributed by atoms with E-state index < -0.39 is 5.97 Å². The maximum absolute atomic E-state index is 12.2. The Morgan fingerprint density at radius 1 is 1.08 bits per heavy atom. The third-order valence-corrected chi connectivity index (χ3v) is 5.23. The lowest BCUT2D eigenvalue weighted by Crippen LogP contribution is -2.41. The van der Waals surface area contributed by atoms with Crippen LogP contribution < -0.4 is 5.32 Å². The van der Waals surface area contributed by atoms with Crippen molar-refractivity contribution < 1.29 is 14.7 Å². The van der Waals surface area contributed by atoms with Gasteiger partial charge in [-0.15, -0.1) is 0 Å². The average Bonchev–Trinajstić information content (AvgIpc) is 3.21. The Bertz CT molecular complexity index is 810. The fraction of sp³-hybridized carbons (Fsp3) is 0.300. The van der Waals surface area contributed by atoms with Crippen LogP contribution in [0.1, 0.15) is 28.8 Å². The molecule has 0 aromatic heterocycles. The summed E-state index contributed by atoms with van der Waals surface area (Å²) in [5.74, 6) is -0.222. The van der Waals surface area contributed by atoms with E-state index in [1.165, 1.54) is 0 Å². The summed E-state index contributed by atoms with van der Waals surface area (Å²) in [7, 11) is 0. The lowest BCUT2D eigenvalue weighted by Gasteiger charge is -2.25. The number of hydrogen-bond acceptors (Lipinski definition) is 2. The molecule has 2 amide bonds. The van der Waals surface area contributed by atoms with Crippen LogP contribution >= 0.6 is 0 Å². The van der Waals surface area contributed by atoms with Crippen LogP contribution in [0.15, 0.2) is 48.5 Å². The van der Waals surface area contributed by atoms with Gasteiger partial charge in [0.15, 0.2) is 0 Å². The molecule has 0 spiro atoms. The number of hydrogen-bond donors (Lipinski definition) is 2. The van der Waals surface area contributed by atoms with Crippen LogP contribution in [-0.4, -0.2) is 34.6 Å². The van der Waals surface area contributed by atoms with Crippen molar-refractivity contribution in [3.8, 4) is 11.1 Å². The van der Waals surface area contributed by atoms with Crippen LogP contribution in [0.4, 0.5) is 4.79 Å². The summed E-state index contributed by atoms with van der Waals surface area (Å²) in [6.45, 7) is 1.37. The van der Waals surface area contributed by atoms with E-state index in [0.29, 0.717) is 24.1 Å². The molecule has 1 saturated carbocycles. The summed E-state index contributed by atoms with van der Waals surface area (Å²) in [6, 6.07) is 15.1. The van der Waals surface area contributed by atoms with E-state index in [4.69, 9.17) is 0 Å². The van der Waals surface area contributed by atoms with E-state index in [-0.39, 0.29) is 11.6 Å². The normalized spacial score (nSPS) is 20.9. The van der Waals surface area contributed by atoms with Crippen LogP contribution in [0.2, 0.25) is 0 Å². The molecule has 5 nitrogen and oxygen atoms in total. The molecule has 3 fully saturated rings. The van der Waals surface area contributed by atoms with Crippen LogP contribution in [-0.2, 0) is 6.54 Å². The van der Waals surface area contributed by atoms with Crippen molar-refractivity contribution in [2.45, 2.75) is 25.4 Å². The summed E-state index contributed by atoms with van der Waals surface area (Å²) in [5, 5.41) is 12.3. The smallest absolute Gasteiger partial charge is 0.336 e. The molecular weight excluding hydrogens is 316 g/mol. The Labute approximate surface area is 146 Å². The number of nitrogens with one attached hydrogen (secondary N) is 1. The summed E-state index contributed by atoms with van der Waals surface area (Å²) >= 11 is 0. The summed E-state index contributed by atoms with van der Waals surface area (Å²) in [5.41, 5.74) is 2.84. The Kier molecular flexibility index (Phi) is 3.92. The molecule has 5 heteroatoms. The fourth-order valence-electron chi connectivity index (χ4n) is 3.78. The van der Waals surface area contributed by atoms with Crippen molar-refractivity contribution in [2.24, 2.45) is 5.92 Å². The lowest BCUT2D eigenvalue weighted by molar-refractivity contribution is 0.0697. The van der Waals surface area contributed by atoms with E-state index in [1.807, 2.05) is 35.2 Å². The Morgan fingerprint density at radius 2 is 1.80 bits per heavy atom. The third-order valence-electron chi connectivity index (χ3n) is 5.23. The van der Waals surface area contributed by atoms with E-state index in [9.17, 15) is 14.7 Å². The van der Waals surface area contributed by atoms with Crippen LogP contribution in [0.5, 0.6) is 0 Å². The number of aromatic carboxylic acids is 1. The Balaban J connectivity index is 1.42. The maximum atomic E-state index is 12.2. The van der Waals surface area contributed by atoms with Crippen molar-refractivity contribution in [3.63, 3.8) is 0 Å². The quantitative estimate of drug-likeness (QED) is 0.899. The summed E-state index contributed by atoms with van der Waals surface area (Å²) in [4.78, 5) is 25.5. The molecule has 3 aliphatic rings. The number of carboxylic acid groups (broad SMARTS) is 1. The first-order valence-electron chi connectivity index (χ1n) is 8.58. The van der Waals surface area contributed by atoms with Gasteiger partial charge in [0.05, 0.1) is 5.56 Å². The molecule has 128 valence electrons. The first-order chi connectivity index (χ1) is 12.1. The van der Waals surface area contributed by atoms with Gasteiger partial charge in [0, 0.05) is 19.1 Å². The van der Waals surface area contributed by atoms with Gasteiger partial charge in [0.2, 0.25) is 0 Å². The highest BCUT2D eigenvalue weighted by molar-refractivity contribution is 5.96. The van der Waals surface area contributed by atoms with Crippen molar-refractivity contribution >= 4 is 12.0 Å². The standard InChI is InChI=1S/C20H20N2O3/c23-19(24)18-4-2-1-3-17(18)15-7-5-13(6-8-15)11-21-20(25)22-12-14-9-16(22)10-14/h1-8,14,16H,9-12H2,(H,21,25)(H,23,24). The second kappa shape index (κ2) is 6.24. The molecule has 5 rings (SSSR count). The monoisotopic (exact) mass is 336 g/mol. The Hall–Kier alpha value is -2.82. The molecule has 2 aromatic rings. The second-order valence-corrected chi connectivity index (χ2v) is 6.85. The molecule has 2 N–H and O–H groups in total. The minimum atomic E-state index is -0.934. The minimum absolute atomic E-state index is 0.0188. The zero-order chi connectivity index (χ0) is 17.4. The SMILES string of the molecule is O=C(O)c1ccccc1-c1ccc(CNC(=O)N2CC3CC2C3)cc1. The molecule has 1 aliphatic carbocycles. The minimum Gasteiger partial charge on any atom is -0.478 e. The zero-order valence-corrected chi connectivity index (χ0v) is 13.8. The average molecular weight is 336 g/mol. The number of carboxylic acids is 1. The third kappa shape index (κ3) is 2.97. The van der Waals surface area contributed by atoms with E-state index in [2.05, 4.69) is 5.32 Å². The highest BCUT2D eigenvalue weighted by Crippen LogP contribution is 2.40. The van der Waals surface area contributed by atoms with Crippen LogP contribution in [0.3, 0.4) is 0 Å². The Morgan fingerprint density at radius 3 is 2.44 bits per heavy atom. The van der Waals surface area contributed by atoms with Gasteiger partial charge in [-0.1, -0.05) is 42.5 Å². The first-order valence-corrected chi connectivity index (χ1v) is 8.58. The molecular formula is C20H20N2O3. The number of carbonyl (C=O) groups excluding carboxylic acids is 1. The van der Waals surface area contributed by atoms with E-state index in [0.717, 1.165) is 30.5 Å². The molecule has 2 heterocycles. The number of benzene rings is 2. The van der Waals surface area contributed by atoms with Gasteiger partial charge < -0.3 is 15.3 Å². The molecule has 2 aliphatic heterocycles. The zero-order valence-electron chi connectivity index (χ0n) is 13.8. The van der Waals surface area contributed by atoms with Gasteiger partial charge in [0.1, 0.15) is 0 Å². The number of fused-ring (bicyclic) bond motifs is 1. The topological polar surface area (TPSA) is 69.6 Å². The van der Waals surface area contributed by atoms with Gasteiger partial charge in [-0.2, -0.15) is 0 Å². The van der Waals surface area contributed by atoms with Crippen LogP contribution in [0.25, 0.3) is 11.1 Å². The molecule has 2 aromatic carbocycles. The van der Waals surface area contributed by atoms with Gasteiger partial charge in [-0.3, -0.25) is 0 Å². The van der Waals surface area contributed by atoms with Crippen molar-refractivity contribution in [1.82, 2.24) is 10.2 Å². The molecule has 0 unspecified atom stereocenters.